The van der Waals surface area contributed by atoms with Crippen molar-refractivity contribution in [2.45, 2.75) is 38.3 Å². The zero-order valence-corrected chi connectivity index (χ0v) is 16.8. The molecule has 1 N–H and O–H groups in total. The number of carbonyl (C=O) groups is 1. The number of carboxylic acid groups (broad SMARTS) is 1. The SMILES string of the molecule is Cc1nc(CN(C(C(=O)O)C(C)C)S(=O)(=O)c2c(F)c(F)c(F)c(F)c2F)cs1. The topological polar surface area (TPSA) is 87.6 Å². The van der Waals surface area contributed by atoms with E-state index in [1.54, 1.807) is 6.92 Å². The number of benzene rings is 1. The molecule has 0 aliphatic rings. The summed E-state index contributed by atoms with van der Waals surface area (Å²) in [7, 11) is -5.48. The minimum absolute atomic E-state index is 0.0480. The number of hydrogen-bond donors (Lipinski definition) is 1. The number of aliphatic carboxylic acids is 1. The minimum atomic E-state index is -5.48. The molecule has 0 aliphatic carbocycles. The van der Waals surface area contributed by atoms with Crippen molar-refractivity contribution in [2.75, 3.05) is 0 Å². The van der Waals surface area contributed by atoms with Crippen molar-refractivity contribution >= 4 is 27.3 Å². The largest absolute Gasteiger partial charge is 0.480 e. The average Bonchev–Trinajstić information content (AvgIpc) is 3.02. The maximum atomic E-state index is 14.2. The lowest BCUT2D eigenvalue weighted by Crippen LogP contribution is -2.48. The number of thiazole rings is 1. The molecule has 0 radical (unpaired) electrons. The number of nitrogens with zero attached hydrogens (tertiary/aromatic N) is 2. The predicted octanol–water partition coefficient (Wildman–Crippen LogP) is 3.45. The molecule has 0 saturated carbocycles. The van der Waals surface area contributed by atoms with Crippen LogP contribution in [0, 0.1) is 41.9 Å². The van der Waals surface area contributed by atoms with Crippen LogP contribution in [0.5, 0.6) is 0 Å². The first-order valence-corrected chi connectivity index (χ1v) is 10.3. The van der Waals surface area contributed by atoms with Gasteiger partial charge in [0.05, 0.1) is 17.2 Å². The lowest BCUT2D eigenvalue weighted by Gasteiger charge is -2.30. The summed E-state index contributed by atoms with van der Waals surface area (Å²) in [4.78, 5) is 13.6. The Bertz CT molecular complexity index is 1030. The third kappa shape index (κ3) is 4.26. The summed E-state index contributed by atoms with van der Waals surface area (Å²) in [5.41, 5.74) is 0.0480. The first-order valence-electron chi connectivity index (χ1n) is 7.97. The van der Waals surface area contributed by atoms with Gasteiger partial charge < -0.3 is 5.11 Å². The van der Waals surface area contributed by atoms with Crippen LogP contribution in [0.2, 0.25) is 0 Å². The van der Waals surface area contributed by atoms with Crippen LogP contribution >= 0.6 is 11.3 Å². The van der Waals surface area contributed by atoms with Gasteiger partial charge in [0.2, 0.25) is 15.8 Å². The summed E-state index contributed by atoms with van der Waals surface area (Å²) < 4.78 is 94.9. The Balaban J connectivity index is 2.77. The molecule has 0 saturated heterocycles. The fourth-order valence-electron chi connectivity index (χ4n) is 2.64. The van der Waals surface area contributed by atoms with Crippen molar-refractivity contribution in [2.24, 2.45) is 5.92 Å². The normalized spacial score (nSPS) is 13.3. The maximum Gasteiger partial charge on any atom is 0.322 e. The molecule has 1 aromatic carbocycles. The van der Waals surface area contributed by atoms with Gasteiger partial charge in [0.1, 0.15) is 6.04 Å². The van der Waals surface area contributed by atoms with Crippen LogP contribution in [0.25, 0.3) is 0 Å². The number of rotatable bonds is 7. The summed E-state index contributed by atoms with van der Waals surface area (Å²) in [5.74, 6) is -15.2. The Hall–Kier alpha value is -2.12. The number of hydrogen-bond acceptors (Lipinski definition) is 5. The Labute approximate surface area is 166 Å². The zero-order chi connectivity index (χ0) is 22.3. The highest BCUT2D eigenvalue weighted by molar-refractivity contribution is 7.89. The van der Waals surface area contributed by atoms with E-state index in [0.717, 1.165) is 11.3 Å². The lowest BCUT2D eigenvalue weighted by atomic mass is 10.0. The molecule has 13 heteroatoms. The predicted molar refractivity (Wildman–Crippen MR) is 92.1 cm³/mol. The minimum Gasteiger partial charge on any atom is -0.480 e. The van der Waals surface area contributed by atoms with E-state index in [0.29, 0.717) is 5.01 Å². The first-order chi connectivity index (χ1) is 13.3. The Morgan fingerprint density at radius 3 is 1.97 bits per heavy atom. The Morgan fingerprint density at radius 2 is 1.59 bits per heavy atom. The van der Waals surface area contributed by atoms with Gasteiger partial charge in [0.25, 0.3) is 0 Å². The van der Waals surface area contributed by atoms with Crippen LogP contribution in [-0.4, -0.2) is 34.8 Å². The third-order valence-electron chi connectivity index (χ3n) is 3.92. The molecule has 2 aromatic rings. The standard InChI is InChI=1S/C16H15F5N2O4S2/c1-6(2)14(16(24)25)23(4-8-5-28-7(3)22-8)29(26,27)15-12(20)10(18)9(17)11(19)13(15)21/h5-6,14H,4H2,1-3H3,(H,24,25). The zero-order valence-electron chi connectivity index (χ0n) is 15.2. The molecule has 1 unspecified atom stereocenters. The molecular formula is C16H15F5N2O4S2. The van der Waals surface area contributed by atoms with Crippen molar-refractivity contribution in [3.63, 3.8) is 0 Å². The molecule has 2 rings (SSSR count). The molecule has 1 atom stereocenters. The van der Waals surface area contributed by atoms with Gasteiger partial charge in [0.15, 0.2) is 28.2 Å². The van der Waals surface area contributed by atoms with E-state index in [9.17, 15) is 40.3 Å². The van der Waals surface area contributed by atoms with Gasteiger partial charge in [-0.1, -0.05) is 13.8 Å². The Kier molecular flexibility index (Phi) is 6.65. The second-order valence-electron chi connectivity index (χ2n) is 6.33. The second kappa shape index (κ2) is 8.32. The quantitative estimate of drug-likeness (QED) is 0.390. The number of halogens is 5. The third-order valence-corrected chi connectivity index (χ3v) is 6.59. The number of aryl methyl sites for hydroxylation is 1. The number of aromatic nitrogens is 1. The molecule has 160 valence electrons. The number of sulfonamides is 1. The summed E-state index contributed by atoms with van der Waals surface area (Å²) in [6.07, 6.45) is 0. The van der Waals surface area contributed by atoms with Crippen molar-refractivity contribution in [1.29, 1.82) is 0 Å². The average molecular weight is 458 g/mol. The second-order valence-corrected chi connectivity index (χ2v) is 9.22. The van der Waals surface area contributed by atoms with Gasteiger partial charge in [0, 0.05) is 5.38 Å². The van der Waals surface area contributed by atoms with Crippen LogP contribution in [0.15, 0.2) is 10.3 Å². The van der Waals surface area contributed by atoms with E-state index in [1.807, 2.05) is 0 Å². The molecule has 0 bridgehead atoms. The van der Waals surface area contributed by atoms with E-state index in [2.05, 4.69) is 4.98 Å². The summed E-state index contributed by atoms with van der Waals surface area (Å²) in [5, 5.41) is 11.4. The van der Waals surface area contributed by atoms with Gasteiger partial charge in [-0.15, -0.1) is 11.3 Å². The fraction of sp³-hybridized carbons (Fsp3) is 0.375. The summed E-state index contributed by atoms with van der Waals surface area (Å²) >= 11 is 1.10. The van der Waals surface area contributed by atoms with Crippen LogP contribution in [0.3, 0.4) is 0 Å². The number of carboxylic acids is 1. The smallest absolute Gasteiger partial charge is 0.322 e. The fourth-order valence-corrected chi connectivity index (χ4v) is 5.05. The van der Waals surface area contributed by atoms with Gasteiger partial charge in [-0.2, -0.15) is 4.31 Å². The molecule has 6 nitrogen and oxygen atoms in total. The van der Waals surface area contributed by atoms with Gasteiger partial charge in [-0.3, -0.25) is 4.79 Å². The van der Waals surface area contributed by atoms with Crippen LogP contribution in [0.4, 0.5) is 22.0 Å². The van der Waals surface area contributed by atoms with Crippen molar-refractivity contribution in [1.82, 2.24) is 9.29 Å². The first kappa shape index (κ1) is 23.2. The highest BCUT2D eigenvalue weighted by atomic mass is 32.2. The van der Waals surface area contributed by atoms with Gasteiger partial charge >= 0.3 is 5.97 Å². The lowest BCUT2D eigenvalue weighted by molar-refractivity contribution is -0.143. The van der Waals surface area contributed by atoms with Crippen molar-refractivity contribution < 1.29 is 40.3 Å². The highest BCUT2D eigenvalue weighted by Crippen LogP contribution is 2.32. The van der Waals surface area contributed by atoms with Gasteiger partial charge in [-0.25, -0.2) is 35.4 Å². The van der Waals surface area contributed by atoms with Crippen LogP contribution in [0.1, 0.15) is 24.5 Å². The summed E-state index contributed by atoms with van der Waals surface area (Å²) in [6.45, 7) is 3.48. The van der Waals surface area contributed by atoms with E-state index < -0.39 is 68.5 Å². The molecule has 0 spiro atoms. The Morgan fingerprint density at radius 1 is 1.10 bits per heavy atom. The van der Waals surface area contributed by atoms with E-state index in [4.69, 9.17) is 0 Å². The molecular weight excluding hydrogens is 443 g/mol. The van der Waals surface area contributed by atoms with Crippen molar-refractivity contribution in [3.8, 4) is 0 Å². The highest BCUT2D eigenvalue weighted by Gasteiger charge is 2.43. The van der Waals surface area contributed by atoms with E-state index >= 15 is 0 Å². The molecule has 0 amide bonds. The van der Waals surface area contributed by atoms with Crippen LogP contribution in [-0.2, 0) is 21.4 Å². The van der Waals surface area contributed by atoms with Gasteiger partial charge in [-0.05, 0) is 12.8 Å². The maximum absolute atomic E-state index is 14.2. The monoisotopic (exact) mass is 458 g/mol. The van der Waals surface area contributed by atoms with E-state index in [-0.39, 0.29) is 10.00 Å². The molecule has 29 heavy (non-hydrogen) atoms. The molecule has 0 aliphatic heterocycles. The van der Waals surface area contributed by atoms with Crippen LogP contribution < -0.4 is 0 Å². The van der Waals surface area contributed by atoms with E-state index in [1.165, 1.54) is 19.2 Å². The molecule has 1 aromatic heterocycles. The molecule has 0 fully saturated rings. The van der Waals surface area contributed by atoms with Crippen molar-refractivity contribution in [3.05, 3.63) is 45.2 Å². The molecule has 1 heterocycles. The summed E-state index contributed by atoms with van der Waals surface area (Å²) in [6, 6.07) is -1.86.